The molecular formula is C12H26BrNO2. The van der Waals surface area contributed by atoms with Crippen molar-refractivity contribution < 1.29 is 31.0 Å². The first-order valence-corrected chi connectivity index (χ1v) is 6.06. The van der Waals surface area contributed by atoms with Crippen LogP contribution in [0.2, 0.25) is 0 Å². The molecule has 0 aromatic carbocycles. The van der Waals surface area contributed by atoms with Crippen molar-refractivity contribution in [1.82, 2.24) is 0 Å². The van der Waals surface area contributed by atoms with Crippen molar-refractivity contribution in [1.29, 1.82) is 0 Å². The molecule has 0 aliphatic heterocycles. The van der Waals surface area contributed by atoms with Crippen LogP contribution in [0.25, 0.3) is 0 Å². The molecule has 0 aromatic rings. The van der Waals surface area contributed by atoms with Crippen LogP contribution in [0.4, 0.5) is 0 Å². The van der Waals surface area contributed by atoms with Gasteiger partial charge in [-0.25, -0.2) is 4.79 Å². The highest BCUT2D eigenvalue weighted by Gasteiger charge is 2.28. The van der Waals surface area contributed by atoms with E-state index < -0.39 is 0 Å². The quantitative estimate of drug-likeness (QED) is 0.433. The summed E-state index contributed by atoms with van der Waals surface area (Å²) >= 11 is 0. The lowest BCUT2D eigenvalue weighted by Gasteiger charge is -2.37. The van der Waals surface area contributed by atoms with Crippen LogP contribution in [0, 0.1) is 0 Å². The average molecular weight is 296 g/mol. The monoisotopic (exact) mass is 295 g/mol. The molecule has 0 saturated heterocycles. The van der Waals surface area contributed by atoms with E-state index in [0.717, 1.165) is 43.4 Å². The molecule has 0 amide bonds. The predicted octanol–water partition coefficient (Wildman–Crippen LogP) is -0.790. The van der Waals surface area contributed by atoms with Crippen molar-refractivity contribution in [3.8, 4) is 0 Å². The van der Waals surface area contributed by atoms with E-state index in [2.05, 4.69) is 20.8 Å². The highest BCUT2D eigenvalue weighted by atomic mass is 79.9. The predicted molar refractivity (Wildman–Crippen MR) is 62.6 cm³/mol. The Kier molecular flexibility index (Phi) is 11.5. The van der Waals surface area contributed by atoms with E-state index in [1.807, 2.05) is 0 Å². The fourth-order valence-corrected chi connectivity index (χ4v) is 2.33. The number of carbonyl (C=O) groups excluding carboxylic acids is 1. The third-order valence-electron chi connectivity index (χ3n) is 2.79. The van der Waals surface area contributed by atoms with Crippen molar-refractivity contribution in [2.75, 3.05) is 33.3 Å². The minimum atomic E-state index is -0.0784. The molecule has 98 valence electrons. The molecule has 0 aromatic heterocycles. The van der Waals surface area contributed by atoms with Gasteiger partial charge in [0, 0.05) is 0 Å². The minimum absolute atomic E-state index is 0. The number of hydrogen-bond acceptors (Lipinski definition) is 2. The number of hydrogen-bond donors (Lipinski definition) is 0. The molecule has 0 rings (SSSR count). The van der Waals surface area contributed by atoms with E-state index in [4.69, 9.17) is 4.74 Å². The lowest BCUT2D eigenvalue weighted by Crippen LogP contribution is -3.00. The van der Waals surface area contributed by atoms with Crippen LogP contribution in [-0.4, -0.2) is 43.7 Å². The van der Waals surface area contributed by atoms with Crippen LogP contribution in [0.1, 0.15) is 40.0 Å². The number of quaternary nitrogens is 1. The molecule has 0 aliphatic rings. The van der Waals surface area contributed by atoms with Crippen LogP contribution in [0.15, 0.2) is 0 Å². The lowest BCUT2D eigenvalue weighted by molar-refractivity contribution is -0.921. The summed E-state index contributed by atoms with van der Waals surface area (Å²) in [6.07, 6.45) is 3.37. The zero-order chi connectivity index (χ0) is 11.7. The Labute approximate surface area is 111 Å². The number of rotatable bonds is 8. The Morgan fingerprint density at radius 2 is 1.38 bits per heavy atom. The van der Waals surface area contributed by atoms with Gasteiger partial charge in [-0.05, 0) is 19.3 Å². The van der Waals surface area contributed by atoms with Crippen LogP contribution >= 0.6 is 0 Å². The Hall–Kier alpha value is -0.0900. The second-order valence-electron chi connectivity index (χ2n) is 4.25. The van der Waals surface area contributed by atoms with Crippen molar-refractivity contribution in [2.24, 2.45) is 0 Å². The van der Waals surface area contributed by atoms with E-state index in [-0.39, 0.29) is 23.0 Å². The Bertz CT molecular complexity index is 169. The van der Waals surface area contributed by atoms with Gasteiger partial charge in [0.05, 0.1) is 26.7 Å². The standard InChI is InChI=1S/C12H26NO2.BrH/c1-5-8-13(9-6-2,10-7-3)11-12(14)15-4;/h5-11H2,1-4H3;1H/q+1;/p-1. The molecule has 0 radical (unpaired) electrons. The topological polar surface area (TPSA) is 26.3 Å². The van der Waals surface area contributed by atoms with Gasteiger partial charge < -0.3 is 26.2 Å². The zero-order valence-corrected chi connectivity index (χ0v) is 12.7. The van der Waals surface area contributed by atoms with Gasteiger partial charge in [0.1, 0.15) is 0 Å². The van der Waals surface area contributed by atoms with E-state index in [0.29, 0.717) is 6.54 Å². The fourth-order valence-electron chi connectivity index (χ4n) is 2.33. The Morgan fingerprint density at radius 1 is 1.00 bits per heavy atom. The van der Waals surface area contributed by atoms with Crippen LogP contribution in [0.5, 0.6) is 0 Å². The zero-order valence-electron chi connectivity index (χ0n) is 11.1. The Balaban J connectivity index is 0. The molecule has 0 spiro atoms. The maximum absolute atomic E-state index is 11.4. The third kappa shape index (κ3) is 6.48. The molecule has 0 heterocycles. The number of nitrogens with zero attached hydrogens (tertiary/aromatic N) is 1. The fraction of sp³-hybridized carbons (Fsp3) is 0.917. The molecule has 0 atom stereocenters. The average Bonchev–Trinajstić information content (AvgIpc) is 2.18. The maximum Gasteiger partial charge on any atom is 0.361 e. The Morgan fingerprint density at radius 3 is 1.62 bits per heavy atom. The minimum Gasteiger partial charge on any atom is -1.00 e. The first-order valence-electron chi connectivity index (χ1n) is 6.06. The molecule has 0 aliphatic carbocycles. The number of esters is 1. The van der Waals surface area contributed by atoms with Gasteiger partial charge in [-0.15, -0.1) is 0 Å². The highest BCUT2D eigenvalue weighted by Crippen LogP contribution is 2.11. The number of carbonyl (C=O) groups is 1. The van der Waals surface area contributed by atoms with E-state index >= 15 is 0 Å². The molecule has 16 heavy (non-hydrogen) atoms. The first-order chi connectivity index (χ1) is 7.14. The molecular weight excluding hydrogens is 270 g/mol. The molecule has 3 nitrogen and oxygen atoms in total. The maximum atomic E-state index is 11.4. The van der Waals surface area contributed by atoms with Crippen LogP contribution < -0.4 is 17.0 Å². The summed E-state index contributed by atoms with van der Waals surface area (Å²) in [6.45, 7) is 10.3. The third-order valence-corrected chi connectivity index (χ3v) is 2.79. The van der Waals surface area contributed by atoms with Crippen molar-refractivity contribution in [2.45, 2.75) is 40.0 Å². The van der Waals surface area contributed by atoms with Crippen LogP contribution in [-0.2, 0) is 9.53 Å². The highest BCUT2D eigenvalue weighted by molar-refractivity contribution is 5.70. The smallest absolute Gasteiger partial charge is 0.361 e. The lowest BCUT2D eigenvalue weighted by atomic mass is 10.2. The van der Waals surface area contributed by atoms with Gasteiger partial charge in [0.2, 0.25) is 0 Å². The van der Waals surface area contributed by atoms with E-state index in [1.165, 1.54) is 7.11 Å². The summed E-state index contributed by atoms with van der Waals surface area (Å²) in [5.41, 5.74) is 0. The second-order valence-corrected chi connectivity index (χ2v) is 4.25. The van der Waals surface area contributed by atoms with Crippen molar-refractivity contribution in [3.63, 3.8) is 0 Å². The van der Waals surface area contributed by atoms with Gasteiger partial charge >= 0.3 is 5.97 Å². The largest absolute Gasteiger partial charge is 1.00 e. The molecule has 0 saturated carbocycles. The van der Waals surface area contributed by atoms with Crippen molar-refractivity contribution >= 4 is 5.97 Å². The van der Waals surface area contributed by atoms with E-state index in [1.54, 1.807) is 0 Å². The summed E-state index contributed by atoms with van der Waals surface area (Å²) in [5, 5.41) is 0. The number of halogens is 1. The van der Waals surface area contributed by atoms with Gasteiger partial charge in [0.15, 0.2) is 6.54 Å². The SMILES string of the molecule is CCC[N+](CCC)(CCC)CC(=O)OC.[Br-]. The van der Waals surface area contributed by atoms with Crippen molar-refractivity contribution in [3.05, 3.63) is 0 Å². The normalized spacial score (nSPS) is 10.8. The second kappa shape index (κ2) is 10.1. The molecule has 0 bridgehead atoms. The molecule has 0 unspecified atom stereocenters. The van der Waals surface area contributed by atoms with Gasteiger partial charge in [-0.1, -0.05) is 20.8 Å². The van der Waals surface area contributed by atoms with Gasteiger partial charge in [0.25, 0.3) is 0 Å². The van der Waals surface area contributed by atoms with Gasteiger partial charge in [-0.2, -0.15) is 0 Å². The summed E-state index contributed by atoms with van der Waals surface area (Å²) in [6, 6.07) is 0. The molecule has 0 fully saturated rings. The summed E-state index contributed by atoms with van der Waals surface area (Å²) in [4.78, 5) is 11.4. The van der Waals surface area contributed by atoms with Crippen LogP contribution in [0.3, 0.4) is 0 Å². The first kappa shape index (κ1) is 18.3. The van der Waals surface area contributed by atoms with E-state index in [9.17, 15) is 4.79 Å². The molecule has 4 heteroatoms. The van der Waals surface area contributed by atoms with Gasteiger partial charge in [-0.3, -0.25) is 0 Å². The number of methoxy groups -OCH3 is 1. The summed E-state index contributed by atoms with van der Waals surface area (Å²) in [5.74, 6) is -0.0784. The number of ether oxygens (including phenoxy) is 1. The summed E-state index contributed by atoms with van der Waals surface area (Å²) in [7, 11) is 1.47. The summed E-state index contributed by atoms with van der Waals surface area (Å²) < 4.78 is 5.69. The molecule has 0 N–H and O–H groups in total.